The second-order valence-corrected chi connectivity index (χ2v) is 13.0. The number of aryl methyl sites for hydroxylation is 1. The quantitative estimate of drug-likeness (QED) is 0.144. The molecule has 240 valence electrons. The number of ether oxygens (including phenoxy) is 1. The van der Waals surface area contributed by atoms with Gasteiger partial charge in [-0.05, 0) is 109 Å². The molecule has 0 saturated heterocycles. The van der Waals surface area contributed by atoms with Crippen molar-refractivity contribution >= 4 is 56.1 Å². The van der Waals surface area contributed by atoms with E-state index in [2.05, 4.69) is 132 Å². The predicted octanol–water partition coefficient (Wildman–Crippen LogP) is 10.9. The van der Waals surface area contributed by atoms with Crippen LogP contribution in [0.25, 0.3) is 38.6 Å². The number of anilines is 2. The molecule has 0 saturated carbocycles. The zero-order valence-corrected chi connectivity index (χ0v) is 27.6. The fourth-order valence-corrected chi connectivity index (χ4v) is 7.51. The van der Waals surface area contributed by atoms with E-state index in [0.29, 0.717) is 11.1 Å². The molecule has 2 aliphatic rings. The van der Waals surface area contributed by atoms with E-state index in [0.717, 1.165) is 12.1 Å². The average Bonchev–Trinajstić information content (AvgIpc) is 3.68. The van der Waals surface area contributed by atoms with Gasteiger partial charge in [-0.2, -0.15) is 0 Å². The molecular formula is C45H34N4O. The summed E-state index contributed by atoms with van der Waals surface area (Å²) in [5.74, 6) is -0.0825. The Morgan fingerprint density at radius 2 is 1.30 bits per heavy atom. The topological polar surface area (TPSA) is 65.1 Å². The Balaban J connectivity index is 1.03. The van der Waals surface area contributed by atoms with Gasteiger partial charge < -0.3 is 14.2 Å². The maximum atomic E-state index is 8.51. The monoisotopic (exact) mass is 646 g/mol. The van der Waals surface area contributed by atoms with Gasteiger partial charge in [-0.3, -0.25) is 10.8 Å². The molecule has 0 amide bonds. The van der Waals surface area contributed by atoms with Gasteiger partial charge in [-0.25, -0.2) is 0 Å². The average molecular weight is 647 g/mol. The van der Waals surface area contributed by atoms with E-state index in [9.17, 15) is 0 Å². The van der Waals surface area contributed by atoms with Crippen LogP contribution in [0.4, 0.5) is 11.4 Å². The van der Waals surface area contributed by atoms with Crippen LogP contribution in [0.15, 0.2) is 158 Å². The first-order chi connectivity index (χ1) is 24.5. The lowest BCUT2D eigenvalue weighted by Gasteiger charge is -2.29. The summed E-state index contributed by atoms with van der Waals surface area (Å²) in [5, 5.41) is 19.3. The molecule has 7 aromatic rings. The van der Waals surface area contributed by atoms with E-state index in [-0.39, 0.29) is 17.8 Å². The Morgan fingerprint density at radius 3 is 2.10 bits per heavy atom. The van der Waals surface area contributed by atoms with Crippen LogP contribution in [-0.2, 0) is 4.74 Å². The molecule has 2 N–H and O–H groups in total. The summed E-state index contributed by atoms with van der Waals surface area (Å²) in [6, 6.07) is 50.3. The van der Waals surface area contributed by atoms with Gasteiger partial charge in [0.15, 0.2) is 0 Å². The molecule has 5 heteroatoms. The highest BCUT2D eigenvalue weighted by atomic mass is 16.5. The minimum atomic E-state index is -0.0444. The first-order valence-electron chi connectivity index (χ1n) is 17.0. The number of para-hydroxylation sites is 2. The molecule has 2 heterocycles. The van der Waals surface area contributed by atoms with E-state index in [1.807, 2.05) is 42.5 Å². The summed E-state index contributed by atoms with van der Waals surface area (Å²) in [4.78, 5) is 2.41. The third kappa shape index (κ3) is 4.94. The fraction of sp³-hybridized carbons (Fsp3) is 0.0667. The van der Waals surface area contributed by atoms with Gasteiger partial charge in [0.1, 0.15) is 0 Å². The highest BCUT2D eigenvalue weighted by molar-refractivity contribution is 6.11. The van der Waals surface area contributed by atoms with Crippen LogP contribution in [0, 0.1) is 17.7 Å². The molecule has 1 aromatic heterocycles. The Bertz CT molecular complexity index is 2520. The minimum Gasteiger partial charge on any atom is -0.421 e. The van der Waals surface area contributed by atoms with Gasteiger partial charge in [0.2, 0.25) is 11.8 Å². The molecule has 0 bridgehead atoms. The maximum absolute atomic E-state index is 8.51. The molecule has 1 aliphatic carbocycles. The Labute approximate surface area is 291 Å². The maximum Gasteiger partial charge on any atom is 0.221 e. The Morgan fingerprint density at radius 1 is 0.640 bits per heavy atom. The molecule has 0 radical (unpaired) electrons. The lowest BCUT2D eigenvalue weighted by Crippen LogP contribution is -2.27. The molecule has 6 aromatic carbocycles. The van der Waals surface area contributed by atoms with Crippen LogP contribution >= 0.6 is 0 Å². The second-order valence-electron chi connectivity index (χ2n) is 13.0. The number of benzene rings is 6. The van der Waals surface area contributed by atoms with Crippen LogP contribution in [-0.4, -0.2) is 22.4 Å². The number of allylic oxidation sites excluding steroid dienone is 2. The van der Waals surface area contributed by atoms with E-state index in [1.54, 1.807) is 0 Å². The predicted molar refractivity (Wildman–Crippen MR) is 206 cm³/mol. The van der Waals surface area contributed by atoms with Gasteiger partial charge in [-0.1, -0.05) is 84.4 Å². The van der Waals surface area contributed by atoms with Gasteiger partial charge in [0, 0.05) is 44.5 Å². The van der Waals surface area contributed by atoms with Crippen molar-refractivity contribution in [2.24, 2.45) is 0 Å². The summed E-state index contributed by atoms with van der Waals surface area (Å²) in [6.45, 7) is 2.13. The second kappa shape index (κ2) is 11.9. The summed E-state index contributed by atoms with van der Waals surface area (Å²) >= 11 is 0. The van der Waals surface area contributed by atoms with Gasteiger partial charge in [0.05, 0.1) is 17.1 Å². The number of rotatable bonds is 5. The zero-order valence-electron chi connectivity index (χ0n) is 27.6. The lowest BCUT2D eigenvalue weighted by molar-refractivity contribution is 0.538. The largest absolute Gasteiger partial charge is 0.421 e. The highest BCUT2D eigenvalue weighted by Gasteiger charge is 2.36. The van der Waals surface area contributed by atoms with Gasteiger partial charge >= 0.3 is 0 Å². The van der Waals surface area contributed by atoms with Crippen molar-refractivity contribution in [3.63, 3.8) is 0 Å². The molecule has 50 heavy (non-hydrogen) atoms. The molecular weight excluding hydrogens is 613 g/mol. The van der Waals surface area contributed by atoms with Crippen LogP contribution < -0.4 is 4.90 Å². The number of nitrogens with zero attached hydrogens (tertiary/aromatic N) is 2. The van der Waals surface area contributed by atoms with E-state index >= 15 is 0 Å². The molecule has 0 spiro atoms. The van der Waals surface area contributed by atoms with Crippen molar-refractivity contribution in [2.75, 3.05) is 4.90 Å². The normalized spacial score (nSPS) is 15.0. The van der Waals surface area contributed by atoms with E-state index in [4.69, 9.17) is 15.6 Å². The van der Waals surface area contributed by atoms with Crippen molar-refractivity contribution in [1.29, 1.82) is 10.8 Å². The van der Waals surface area contributed by atoms with Crippen LogP contribution in [0.3, 0.4) is 0 Å². The fourth-order valence-electron chi connectivity index (χ4n) is 7.51. The van der Waals surface area contributed by atoms with Crippen LogP contribution in [0.5, 0.6) is 0 Å². The number of fused-ring (bicyclic) bond motifs is 6. The summed E-state index contributed by atoms with van der Waals surface area (Å²) < 4.78 is 7.97. The lowest BCUT2D eigenvalue weighted by atomic mass is 9.89. The molecule has 9 rings (SSSR count). The van der Waals surface area contributed by atoms with E-state index in [1.165, 1.54) is 61.0 Å². The molecule has 1 atom stereocenters. The number of hydrogen-bond donors (Lipinski definition) is 2. The molecule has 1 aliphatic heterocycles. The van der Waals surface area contributed by atoms with Crippen LogP contribution in [0.1, 0.15) is 34.2 Å². The zero-order chi connectivity index (χ0) is 33.8. The smallest absolute Gasteiger partial charge is 0.221 e. The summed E-state index contributed by atoms with van der Waals surface area (Å²) in [6.07, 6.45) is 5.62. The first kappa shape index (κ1) is 29.7. The van der Waals surface area contributed by atoms with Gasteiger partial charge in [-0.15, -0.1) is 0 Å². The SMILES string of the molecule is Cc1ccc(-n2c3ccccc3c3cc(C4=CCC5C(=C4)c4ccccc4N5c4ccc(C(=N)OC(=N)c5ccccc5)cc4)ccc32)cc1. The number of nitrogens with one attached hydrogen (secondary N) is 2. The summed E-state index contributed by atoms with van der Waals surface area (Å²) in [5.41, 5.74) is 13.4. The van der Waals surface area contributed by atoms with Crippen molar-refractivity contribution in [2.45, 2.75) is 19.4 Å². The Hall–Kier alpha value is -6.46. The standard InChI is InChI=1S/C45H34N4O/c1-29-15-21-34(22-16-29)48-40-13-7-5-11-36(40)38-27-32(19-25-42(38)48)33-20-26-43-39(28-33)37-12-6-8-14-41(37)49(43)35-23-17-31(18-24-35)45(47)50-44(46)30-9-3-2-4-10-30/h2-25,27-28,43,46-47H,26H2,1H3. The van der Waals surface area contributed by atoms with Crippen molar-refractivity contribution < 1.29 is 4.74 Å². The van der Waals surface area contributed by atoms with E-state index < -0.39 is 0 Å². The van der Waals surface area contributed by atoms with Crippen molar-refractivity contribution in [3.05, 3.63) is 186 Å². The molecule has 0 fully saturated rings. The van der Waals surface area contributed by atoms with Gasteiger partial charge in [0.25, 0.3) is 0 Å². The highest BCUT2D eigenvalue weighted by Crippen LogP contribution is 2.49. The molecule has 5 nitrogen and oxygen atoms in total. The number of hydrogen-bond acceptors (Lipinski definition) is 4. The van der Waals surface area contributed by atoms with Crippen molar-refractivity contribution in [3.8, 4) is 5.69 Å². The number of aromatic nitrogens is 1. The third-order valence-corrected chi connectivity index (χ3v) is 9.96. The van der Waals surface area contributed by atoms with Crippen LogP contribution in [0.2, 0.25) is 0 Å². The van der Waals surface area contributed by atoms with Crippen molar-refractivity contribution in [1.82, 2.24) is 4.57 Å². The molecule has 1 unspecified atom stereocenters. The minimum absolute atomic E-state index is 0.0381. The first-order valence-corrected chi connectivity index (χ1v) is 17.0. The Kier molecular flexibility index (Phi) is 7.06. The third-order valence-electron chi connectivity index (χ3n) is 9.96. The summed E-state index contributed by atoms with van der Waals surface area (Å²) in [7, 11) is 0.